The Morgan fingerprint density at radius 2 is 2.42 bits per heavy atom. The molecule has 3 heteroatoms. The van der Waals surface area contributed by atoms with Gasteiger partial charge in [0.2, 0.25) is 0 Å². The molecule has 0 spiro atoms. The number of hydrogen-bond acceptors (Lipinski definition) is 3. The molecular weight excluding hydrogens is 150 g/mol. The summed E-state index contributed by atoms with van der Waals surface area (Å²) in [4.78, 5) is 4.25. The van der Waals surface area contributed by atoms with Gasteiger partial charge in [0, 0.05) is 25.8 Å². The molecule has 0 radical (unpaired) electrons. The maximum atomic E-state index is 5.35. The quantitative estimate of drug-likeness (QED) is 0.636. The van der Waals surface area contributed by atoms with Crippen LogP contribution in [0.4, 0.5) is 0 Å². The maximum absolute atomic E-state index is 5.35. The zero-order valence-corrected chi connectivity index (χ0v) is 7.38. The van der Waals surface area contributed by atoms with E-state index in [9.17, 15) is 0 Å². The smallest absolute Gasteiger partial charge is 0.0570 e. The summed E-state index contributed by atoms with van der Waals surface area (Å²) < 4.78 is 0. The van der Waals surface area contributed by atoms with Crippen LogP contribution in [-0.2, 0) is 6.54 Å². The van der Waals surface area contributed by atoms with E-state index in [1.165, 1.54) is 5.56 Å². The fourth-order valence-electron chi connectivity index (χ4n) is 1.01. The first-order valence-electron chi connectivity index (χ1n) is 4.16. The number of nitrogens with one attached hydrogen (secondary N) is 1. The molecule has 1 rings (SSSR count). The minimum absolute atomic E-state index is 0.673. The van der Waals surface area contributed by atoms with Gasteiger partial charge in [-0.25, -0.2) is 0 Å². The minimum atomic E-state index is 0.673. The van der Waals surface area contributed by atoms with Crippen LogP contribution >= 0.6 is 0 Å². The van der Waals surface area contributed by atoms with E-state index in [-0.39, 0.29) is 0 Å². The lowest BCUT2D eigenvalue weighted by Gasteiger charge is -2.04. The summed E-state index contributed by atoms with van der Waals surface area (Å²) in [5.74, 6) is 0. The van der Waals surface area contributed by atoms with E-state index in [1.54, 1.807) is 0 Å². The first-order chi connectivity index (χ1) is 5.84. The van der Waals surface area contributed by atoms with Gasteiger partial charge in [-0.15, -0.1) is 0 Å². The molecule has 0 fully saturated rings. The van der Waals surface area contributed by atoms with Gasteiger partial charge in [0.25, 0.3) is 0 Å². The molecule has 0 unspecified atom stereocenters. The van der Waals surface area contributed by atoms with Crippen LogP contribution < -0.4 is 11.1 Å². The average Bonchev–Trinajstić information content (AvgIpc) is 2.09. The minimum Gasteiger partial charge on any atom is -0.329 e. The van der Waals surface area contributed by atoms with Gasteiger partial charge in [0.15, 0.2) is 0 Å². The molecule has 0 amide bonds. The van der Waals surface area contributed by atoms with Crippen molar-refractivity contribution < 1.29 is 0 Å². The molecular formula is C9H15N3. The Morgan fingerprint density at radius 1 is 1.58 bits per heavy atom. The van der Waals surface area contributed by atoms with Crippen LogP contribution in [0, 0.1) is 6.92 Å². The molecule has 0 saturated carbocycles. The molecule has 0 aliphatic heterocycles. The van der Waals surface area contributed by atoms with Crippen LogP contribution in [0.3, 0.4) is 0 Å². The van der Waals surface area contributed by atoms with Crippen molar-refractivity contribution in [2.75, 3.05) is 13.1 Å². The third-order valence-electron chi connectivity index (χ3n) is 1.73. The molecule has 1 heterocycles. The third kappa shape index (κ3) is 2.60. The van der Waals surface area contributed by atoms with Crippen LogP contribution in [-0.4, -0.2) is 18.1 Å². The summed E-state index contributed by atoms with van der Waals surface area (Å²) in [6.45, 7) is 4.39. The molecule has 1 aromatic rings. The van der Waals surface area contributed by atoms with E-state index in [1.807, 2.05) is 12.3 Å². The second-order valence-corrected chi connectivity index (χ2v) is 2.73. The molecule has 0 aliphatic rings. The Morgan fingerprint density at radius 3 is 3.08 bits per heavy atom. The number of aryl methyl sites for hydroxylation is 1. The lowest BCUT2D eigenvalue weighted by Crippen LogP contribution is -2.22. The van der Waals surface area contributed by atoms with E-state index in [0.29, 0.717) is 6.54 Å². The lowest BCUT2D eigenvalue weighted by molar-refractivity contribution is 0.679. The van der Waals surface area contributed by atoms with E-state index in [4.69, 9.17) is 5.73 Å². The Balaban J connectivity index is 2.46. The average molecular weight is 165 g/mol. The fraction of sp³-hybridized carbons (Fsp3) is 0.444. The van der Waals surface area contributed by atoms with Crippen LogP contribution in [0.15, 0.2) is 18.3 Å². The van der Waals surface area contributed by atoms with Gasteiger partial charge in [-0.05, 0) is 18.6 Å². The summed E-state index contributed by atoms with van der Waals surface area (Å²) in [5, 5.41) is 3.20. The number of hydrogen-bond donors (Lipinski definition) is 2. The van der Waals surface area contributed by atoms with Crippen molar-refractivity contribution in [1.82, 2.24) is 10.3 Å². The van der Waals surface area contributed by atoms with Crippen LogP contribution in [0.1, 0.15) is 11.3 Å². The molecule has 0 aromatic carbocycles. The molecule has 66 valence electrons. The Hall–Kier alpha value is -0.930. The van der Waals surface area contributed by atoms with Gasteiger partial charge in [0.05, 0.1) is 5.69 Å². The summed E-state index contributed by atoms with van der Waals surface area (Å²) in [5.41, 5.74) is 7.67. The van der Waals surface area contributed by atoms with E-state index >= 15 is 0 Å². The van der Waals surface area contributed by atoms with Crippen LogP contribution in [0.5, 0.6) is 0 Å². The predicted molar refractivity (Wildman–Crippen MR) is 49.7 cm³/mol. The Bertz CT molecular complexity index is 235. The SMILES string of the molecule is Cc1cccnc1CNCCN. The summed E-state index contributed by atoms with van der Waals surface area (Å²) in [6.07, 6.45) is 1.81. The van der Waals surface area contributed by atoms with Gasteiger partial charge >= 0.3 is 0 Å². The number of rotatable bonds is 4. The third-order valence-corrected chi connectivity index (χ3v) is 1.73. The molecule has 0 atom stereocenters. The predicted octanol–water partition coefficient (Wildman–Crippen LogP) is 0.438. The number of aromatic nitrogens is 1. The van der Waals surface area contributed by atoms with Crippen molar-refractivity contribution in [3.63, 3.8) is 0 Å². The van der Waals surface area contributed by atoms with Crippen LogP contribution in [0.2, 0.25) is 0 Å². The molecule has 3 N–H and O–H groups in total. The van der Waals surface area contributed by atoms with Crippen molar-refractivity contribution in [2.24, 2.45) is 5.73 Å². The molecule has 0 bridgehead atoms. The topological polar surface area (TPSA) is 50.9 Å². The highest BCUT2D eigenvalue weighted by molar-refractivity contribution is 5.17. The number of pyridine rings is 1. The zero-order valence-electron chi connectivity index (χ0n) is 7.38. The van der Waals surface area contributed by atoms with E-state index < -0.39 is 0 Å². The highest BCUT2D eigenvalue weighted by Gasteiger charge is 1.95. The van der Waals surface area contributed by atoms with Gasteiger partial charge in [-0.2, -0.15) is 0 Å². The Labute approximate surface area is 73.0 Å². The zero-order chi connectivity index (χ0) is 8.81. The largest absolute Gasteiger partial charge is 0.329 e. The lowest BCUT2D eigenvalue weighted by atomic mass is 10.2. The van der Waals surface area contributed by atoms with Gasteiger partial charge in [-0.1, -0.05) is 6.07 Å². The number of nitrogens with zero attached hydrogens (tertiary/aromatic N) is 1. The molecule has 3 nitrogen and oxygen atoms in total. The second kappa shape index (κ2) is 4.85. The standard InChI is InChI=1S/C9H15N3/c1-8-3-2-5-12-9(8)7-11-6-4-10/h2-3,5,11H,4,6-7,10H2,1H3. The van der Waals surface area contributed by atoms with Crippen molar-refractivity contribution >= 4 is 0 Å². The molecule has 12 heavy (non-hydrogen) atoms. The van der Waals surface area contributed by atoms with Crippen LogP contribution in [0.25, 0.3) is 0 Å². The summed E-state index contributed by atoms with van der Waals surface area (Å²) in [7, 11) is 0. The second-order valence-electron chi connectivity index (χ2n) is 2.73. The van der Waals surface area contributed by atoms with Crippen molar-refractivity contribution in [2.45, 2.75) is 13.5 Å². The summed E-state index contributed by atoms with van der Waals surface area (Å²) in [6, 6.07) is 4.01. The molecule has 0 aliphatic carbocycles. The van der Waals surface area contributed by atoms with Gasteiger partial charge in [0.1, 0.15) is 0 Å². The first-order valence-corrected chi connectivity index (χ1v) is 4.16. The Kier molecular flexibility index (Phi) is 3.70. The normalized spacial score (nSPS) is 10.2. The monoisotopic (exact) mass is 165 g/mol. The first kappa shape index (κ1) is 9.16. The van der Waals surface area contributed by atoms with Crippen molar-refractivity contribution in [1.29, 1.82) is 0 Å². The van der Waals surface area contributed by atoms with E-state index in [2.05, 4.69) is 23.3 Å². The molecule has 1 aromatic heterocycles. The highest BCUT2D eigenvalue weighted by Crippen LogP contribution is 2.01. The van der Waals surface area contributed by atoms with Crippen molar-refractivity contribution in [3.05, 3.63) is 29.6 Å². The van der Waals surface area contributed by atoms with Crippen molar-refractivity contribution in [3.8, 4) is 0 Å². The van der Waals surface area contributed by atoms with E-state index in [0.717, 1.165) is 18.8 Å². The van der Waals surface area contributed by atoms with Gasteiger partial charge < -0.3 is 11.1 Å². The number of nitrogens with two attached hydrogens (primary N) is 1. The van der Waals surface area contributed by atoms with Gasteiger partial charge in [-0.3, -0.25) is 4.98 Å². The fourth-order valence-corrected chi connectivity index (χ4v) is 1.01. The maximum Gasteiger partial charge on any atom is 0.0570 e. The summed E-state index contributed by atoms with van der Waals surface area (Å²) >= 11 is 0. The molecule has 0 saturated heterocycles. The highest BCUT2D eigenvalue weighted by atomic mass is 14.9.